The summed E-state index contributed by atoms with van der Waals surface area (Å²) >= 11 is 5.79. The van der Waals surface area contributed by atoms with Crippen molar-refractivity contribution in [1.29, 1.82) is 0 Å². The highest BCUT2D eigenvalue weighted by atomic mass is 35.5. The van der Waals surface area contributed by atoms with Crippen molar-refractivity contribution in [2.45, 2.75) is 12.8 Å². The van der Waals surface area contributed by atoms with E-state index >= 15 is 0 Å². The molecule has 0 unspecified atom stereocenters. The van der Waals surface area contributed by atoms with Gasteiger partial charge in [-0.15, -0.1) is 12.4 Å². The number of carbonyl (C=O) groups excluding carboxylic acids is 1. The van der Waals surface area contributed by atoms with Crippen molar-refractivity contribution in [1.82, 2.24) is 5.32 Å². The molecule has 1 rings (SSSR count). The van der Waals surface area contributed by atoms with Gasteiger partial charge in [-0.3, -0.25) is 4.79 Å². The molecule has 0 bridgehead atoms. The van der Waals surface area contributed by atoms with E-state index in [1.54, 1.807) is 13.0 Å². The molecule has 102 valence electrons. The van der Waals surface area contributed by atoms with Gasteiger partial charge in [0.15, 0.2) is 0 Å². The molecule has 3 nitrogen and oxygen atoms in total. The first-order valence-electron chi connectivity index (χ1n) is 4.98. The fraction of sp³-hybridized carbons (Fsp3) is 0.364. The summed E-state index contributed by atoms with van der Waals surface area (Å²) in [5.74, 6) is -3.66. The van der Waals surface area contributed by atoms with Gasteiger partial charge in [-0.25, -0.2) is 8.78 Å². The SMILES string of the molecule is Cc1cc(C(=O)NCC(F)(F)CN)ccc1Cl.Cl. The average molecular weight is 299 g/mol. The van der Waals surface area contributed by atoms with E-state index in [0.29, 0.717) is 16.1 Å². The van der Waals surface area contributed by atoms with Gasteiger partial charge < -0.3 is 11.1 Å². The third-order valence-corrected chi connectivity index (χ3v) is 2.65. The lowest BCUT2D eigenvalue weighted by Gasteiger charge is -2.14. The first-order chi connectivity index (χ1) is 7.85. The third-order valence-electron chi connectivity index (χ3n) is 2.23. The molecule has 0 fully saturated rings. The van der Waals surface area contributed by atoms with Crippen molar-refractivity contribution >= 4 is 29.9 Å². The first-order valence-corrected chi connectivity index (χ1v) is 5.36. The molecule has 0 radical (unpaired) electrons. The number of carbonyl (C=O) groups is 1. The van der Waals surface area contributed by atoms with E-state index in [1.807, 2.05) is 0 Å². The van der Waals surface area contributed by atoms with Crippen molar-refractivity contribution in [2.24, 2.45) is 5.73 Å². The van der Waals surface area contributed by atoms with Crippen LogP contribution < -0.4 is 11.1 Å². The Hall–Kier alpha value is -0.910. The number of alkyl halides is 2. The minimum atomic E-state index is -3.09. The van der Waals surface area contributed by atoms with Gasteiger partial charge >= 0.3 is 0 Å². The first kappa shape index (κ1) is 17.1. The van der Waals surface area contributed by atoms with Crippen molar-refractivity contribution in [2.75, 3.05) is 13.1 Å². The summed E-state index contributed by atoms with van der Waals surface area (Å²) in [4.78, 5) is 11.5. The van der Waals surface area contributed by atoms with Crippen molar-refractivity contribution in [3.8, 4) is 0 Å². The second kappa shape index (κ2) is 6.87. The molecule has 0 aliphatic carbocycles. The van der Waals surface area contributed by atoms with E-state index in [-0.39, 0.29) is 12.4 Å². The topological polar surface area (TPSA) is 55.1 Å². The molecule has 7 heteroatoms. The molecule has 0 saturated carbocycles. The van der Waals surface area contributed by atoms with Crippen molar-refractivity contribution in [3.05, 3.63) is 34.3 Å². The lowest BCUT2D eigenvalue weighted by Crippen LogP contribution is -2.41. The summed E-state index contributed by atoms with van der Waals surface area (Å²) in [7, 11) is 0. The van der Waals surface area contributed by atoms with Gasteiger partial charge in [0, 0.05) is 10.6 Å². The number of halogens is 4. The number of hydrogen-bond donors (Lipinski definition) is 2. The van der Waals surface area contributed by atoms with Gasteiger partial charge in [-0.1, -0.05) is 11.6 Å². The molecule has 3 N–H and O–H groups in total. The van der Waals surface area contributed by atoms with Gasteiger partial charge in [0.1, 0.15) is 0 Å². The molecule has 0 aliphatic heterocycles. The minimum Gasteiger partial charge on any atom is -0.346 e. The Morgan fingerprint density at radius 1 is 1.50 bits per heavy atom. The molecule has 1 aromatic carbocycles. The number of benzene rings is 1. The van der Waals surface area contributed by atoms with Crippen LogP contribution in [-0.2, 0) is 0 Å². The monoisotopic (exact) mass is 298 g/mol. The van der Waals surface area contributed by atoms with Crippen LogP contribution in [0.25, 0.3) is 0 Å². The Morgan fingerprint density at radius 2 is 2.11 bits per heavy atom. The van der Waals surface area contributed by atoms with Crippen LogP contribution in [0.4, 0.5) is 8.78 Å². The fourth-order valence-electron chi connectivity index (χ4n) is 1.17. The lowest BCUT2D eigenvalue weighted by atomic mass is 10.1. The normalized spacial score (nSPS) is 10.7. The summed E-state index contributed by atoms with van der Waals surface area (Å²) in [6, 6.07) is 4.57. The van der Waals surface area contributed by atoms with Crippen LogP contribution in [0.1, 0.15) is 15.9 Å². The highest BCUT2D eigenvalue weighted by Gasteiger charge is 2.27. The lowest BCUT2D eigenvalue weighted by molar-refractivity contribution is 0.0118. The molecule has 0 atom stereocenters. The number of rotatable bonds is 4. The molecule has 0 heterocycles. The van der Waals surface area contributed by atoms with Crippen LogP contribution in [0.2, 0.25) is 5.02 Å². The predicted molar refractivity (Wildman–Crippen MR) is 69.8 cm³/mol. The largest absolute Gasteiger partial charge is 0.346 e. The number of hydrogen-bond acceptors (Lipinski definition) is 2. The molecule has 0 saturated heterocycles. The average Bonchev–Trinajstić information content (AvgIpc) is 2.30. The maximum Gasteiger partial charge on any atom is 0.277 e. The quantitative estimate of drug-likeness (QED) is 0.897. The summed E-state index contributed by atoms with van der Waals surface area (Å²) < 4.78 is 25.6. The summed E-state index contributed by atoms with van der Waals surface area (Å²) in [5.41, 5.74) is 5.86. The number of nitrogens with two attached hydrogens (primary N) is 1. The Morgan fingerprint density at radius 3 is 2.61 bits per heavy atom. The molecule has 1 amide bonds. The van der Waals surface area contributed by atoms with Crippen molar-refractivity contribution in [3.63, 3.8) is 0 Å². The highest BCUT2D eigenvalue weighted by Crippen LogP contribution is 2.16. The Bertz CT molecular complexity index is 428. The van der Waals surface area contributed by atoms with E-state index in [0.717, 1.165) is 0 Å². The van der Waals surface area contributed by atoms with Gasteiger partial charge in [0.05, 0.1) is 13.1 Å². The van der Waals surface area contributed by atoms with Gasteiger partial charge in [-0.05, 0) is 30.7 Å². The molecule has 1 aromatic rings. The number of aryl methyl sites for hydroxylation is 1. The van der Waals surface area contributed by atoms with Crippen LogP contribution in [-0.4, -0.2) is 24.9 Å². The molecule has 18 heavy (non-hydrogen) atoms. The van der Waals surface area contributed by atoms with E-state index in [1.165, 1.54) is 12.1 Å². The molecule has 0 aliphatic rings. The maximum absolute atomic E-state index is 12.8. The highest BCUT2D eigenvalue weighted by molar-refractivity contribution is 6.31. The zero-order valence-corrected chi connectivity index (χ0v) is 11.2. The molecular formula is C11H14Cl2F2N2O. The predicted octanol–water partition coefficient (Wildman–Crippen LogP) is 2.39. The summed E-state index contributed by atoms with van der Waals surface area (Å²) in [6.07, 6.45) is 0. The zero-order chi connectivity index (χ0) is 13.1. The zero-order valence-electron chi connectivity index (χ0n) is 9.67. The second-order valence-corrected chi connectivity index (χ2v) is 4.11. The smallest absolute Gasteiger partial charge is 0.277 e. The molecular weight excluding hydrogens is 285 g/mol. The maximum atomic E-state index is 12.8. The molecule has 0 spiro atoms. The van der Waals surface area contributed by atoms with E-state index in [4.69, 9.17) is 17.3 Å². The standard InChI is InChI=1S/C11H13ClF2N2O.ClH/c1-7-4-8(2-3-9(7)12)10(17)16-6-11(13,14)5-15;/h2-4H,5-6,15H2,1H3,(H,16,17);1H. The fourth-order valence-corrected chi connectivity index (χ4v) is 1.29. The Labute approximate surface area is 115 Å². The Balaban J connectivity index is 0.00000289. The number of nitrogens with one attached hydrogen (secondary N) is 1. The van der Waals surface area contributed by atoms with Crippen molar-refractivity contribution < 1.29 is 13.6 Å². The second-order valence-electron chi connectivity index (χ2n) is 3.71. The molecule has 0 aromatic heterocycles. The summed E-state index contributed by atoms with van der Waals surface area (Å²) in [6.45, 7) is 0.157. The van der Waals surface area contributed by atoms with Crippen LogP contribution in [0.5, 0.6) is 0 Å². The summed E-state index contributed by atoms with van der Waals surface area (Å²) in [5, 5.41) is 2.65. The Kier molecular flexibility index (Phi) is 6.52. The van der Waals surface area contributed by atoms with Crippen LogP contribution in [0.15, 0.2) is 18.2 Å². The van der Waals surface area contributed by atoms with E-state index in [9.17, 15) is 13.6 Å². The van der Waals surface area contributed by atoms with Gasteiger partial charge in [-0.2, -0.15) is 0 Å². The van der Waals surface area contributed by atoms with Crippen LogP contribution in [0, 0.1) is 6.92 Å². The minimum absolute atomic E-state index is 0. The van der Waals surface area contributed by atoms with E-state index < -0.39 is 24.9 Å². The van der Waals surface area contributed by atoms with E-state index in [2.05, 4.69) is 5.32 Å². The van der Waals surface area contributed by atoms with Crippen LogP contribution in [0.3, 0.4) is 0 Å². The van der Waals surface area contributed by atoms with Crippen LogP contribution >= 0.6 is 24.0 Å². The van der Waals surface area contributed by atoms with Gasteiger partial charge in [0.2, 0.25) is 0 Å². The van der Waals surface area contributed by atoms with Gasteiger partial charge in [0.25, 0.3) is 11.8 Å². The third kappa shape index (κ3) is 4.76. The number of amides is 1.